The van der Waals surface area contributed by atoms with Gasteiger partial charge in [0.1, 0.15) is 0 Å². The van der Waals surface area contributed by atoms with Crippen molar-refractivity contribution in [3.8, 4) is 0 Å². The van der Waals surface area contributed by atoms with E-state index in [2.05, 4.69) is 0 Å². The molecule has 1 rings (SSSR count). The number of benzene rings is 1. The second kappa shape index (κ2) is 4.25. The summed E-state index contributed by atoms with van der Waals surface area (Å²) in [4.78, 5) is 0. The molecule has 0 saturated heterocycles. The van der Waals surface area contributed by atoms with E-state index in [1.807, 2.05) is 6.07 Å². The van der Waals surface area contributed by atoms with Gasteiger partial charge in [-0.2, -0.15) is 0 Å². The SMILES string of the molecule is OC(O)(Cc1ccccc1)C(Cl)(Cl)Cl. The van der Waals surface area contributed by atoms with Crippen LogP contribution in [0.4, 0.5) is 0 Å². The first-order valence-electron chi connectivity index (χ1n) is 3.88. The van der Waals surface area contributed by atoms with E-state index < -0.39 is 9.58 Å². The van der Waals surface area contributed by atoms with Crippen LogP contribution in [0.1, 0.15) is 5.56 Å². The molecular weight excluding hydrogens is 246 g/mol. The molecular formula is C9H9Cl3O2. The first kappa shape index (κ1) is 12.1. The Morgan fingerprint density at radius 3 is 1.93 bits per heavy atom. The lowest BCUT2D eigenvalue weighted by Gasteiger charge is -2.28. The predicted octanol–water partition coefficient (Wildman–Crippen LogP) is 2.28. The molecule has 0 aromatic heterocycles. The Morgan fingerprint density at radius 1 is 1.00 bits per heavy atom. The lowest BCUT2D eigenvalue weighted by atomic mass is 10.1. The lowest BCUT2D eigenvalue weighted by Crippen LogP contribution is -2.44. The molecule has 2 nitrogen and oxygen atoms in total. The summed E-state index contributed by atoms with van der Waals surface area (Å²) >= 11 is 16.2. The Balaban J connectivity index is 2.79. The van der Waals surface area contributed by atoms with E-state index in [4.69, 9.17) is 34.8 Å². The fraction of sp³-hybridized carbons (Fsp3) is 0.333. The maximum absolute atomic E-state index is 9.46. The van der Waals surface area contributed by atoms with Crippen molar-refractivity contribution < 1.29 is 10.2 Å². The van der Waals surface area contributed by atoms with Gasteiger partial charge in [0.15, 0.2) is 0 Å². The van der Waals surface area contributed by atoms with Crippen molar-refractivity contribution in [3.05, 3.63) is 35.9 Å². The molecule has 0 aliphatic heterocycles. The van der Waals surface area contributed by atoms with E-state index in [0.717, 1.165) is 0 Å². The van der Waals surface area contributed by atoms with E-state index in [0.29, 0.717) is 5.56 Å². The molecule has 0 atom stereocenters. The van der Waals surface area contributed by atoms with Crippen molar-refractivity contribution in [1.82, 2.24) is 0 Å². The molecule has 0 saturated carbocycles. The van der Waals surface area contributed by atoms with Crippen LogP contribution in [0.3, 0.4) is 0 Å². The number of alkyl halides is 3. The molecule has 0 heterocycles. The minimum atomic E-state index is -2.36. The summed E-state index contributed by atoms with van der Waals surface area (Å²) in [6, 6.07) is 8.79. The highest BCUT2D eigenvalue weighted by Crippen LogP contribution is 2.38. The average molecular weight is 256 g/mol. The third-order valence-electron chi connectivity index (χ3n) is 1.75. The molecule has 0 bridgehead atoms. The van der Waals surface area contributed by atoms with Crippen LogP contribution in [0.25, 0.3) is 0 Å². The minimum Gasteiger partial charge on any atom is -0.362 e. The molecule has 1 aromatic carbocycles. The summed E-state index contributed by atoms with van der Waals surface area (Å²) in [6.07, 6.45) is -0.135. The van der Waals surface area contributed by atoms with Crippen molar-refractivity contribution in [2.75, 3.05) is 0 Å². The third-order valence-corrected chi connectivity index (χ3v) is 2.66. The summed E-state index contributed by atoms with van der Waals surface area (Å²) in [5.74, 6) is -2.36. The summed E-state index contributed by atoms with van der Waals surface area (Å²) in [5, 5.41) is 18.9. The fourth-order valence-electron chi connectivity index (χ4n) is 0.981. The number of aliphatic hydroxyl groups is 2. The van der Waals surface area contributed by atoms with Gasteiger partial charge >= 0.3 is 0 Å². The predicted molar refractivity (Wildman–Crippen MR) is 57.6 cm³/mol. The van der Waals surface area contributed by atoms with Gasteiger partial charge in [0.05, 0.1) is 0 Å². The van der Waals surface area contributed by atoms with Gasteiger partial charge in [0.2, 0.25) is 9.58 Å². The molecule has 0 spiro atoms. The first-order chi connectivity index (χ1) is 6.33. The van der Waals surface area contributed by atoms with Gasteiger partial charge in [-0.05, 0) is 5.56 Å². The summed E-state index contributed by atoms with van der Waals surface area (Å²) < 4.78 is -2.12. The van der Waals surface area contributed by atoms with E-state index in [9.17, 15) is 10.2 Å². The van der Waals surface area contributed by atoms with Crippen LogP contribution in [0.2, 0.25) is 0 Å². The molecule has 0 unspecified atom stereocenters. The zero-order valence-electron chi connectivity index (χ0n) is 7.12. The Morgan fingerprint density at radius 2 is 1.50 bits per heavy atom. The molecule has 0 radical (unpaired) electrons. The minimum absolute atomic E-state index is 0.135. The van der Waals surface area contributed by atoms with E-state index in [1.54, 1.807) is 24.3 Å². The smallest absolute Gasteiger partial charge is 0.243 e. The standard InChI is InChI=1S/C9H9Cl3O2/c10-9(11,12)8(13,14)6-7-4-2-1-3-5-7/h1-5,13-14H,6H2. The van der Waals surface area contributed by atoms with Gasteiger partial charge < -0.3 is 10.2 Å². The second-order valence-corrected chi connectivity index (χ2v) is 5.26. The van der Waals surface area contributed by atoms with E-state index >= 15 is 0 Å². The summed E-state index contributed by atoms with van der Waals surface area (Å²) in [5.41, 5.74) is 0.684. The molecule has 1 aromatic rings. The maximum atomic E-state index is 9.46. The van der Waals surface area contributed by atoms with Crippen LogP contribution < -0.4 is 0 Å². The largest absolute Gasteiger partial charge is 0.362 e. The number of hydrogen-bond acceptors (Lipinski definition) is 2. The van der Waals surface area contributed by atoms with E-state index in [-0.39, 0.29) is 6.42 Å². The molecule has 0 fully saturated rings. The van der Waals surface area contributed by atoms with Gasteiger partial charge in [-0.3, -0.25) is 0 Å². The van der Waals surface area contributed by atoms with Crippen LogP contribution in [0.5, 0.6) is 0 Å². The van der Waals surface area contributed by atoms with Crippen molar-refractivity contribution >= 4 is 34.8 Å². The average Bonchev–Trinajstić information content (AvgIpc) is 2.03. The molecule has 0 amide bonds. The zero-order valence-corrected chi connectivity index (χ0v) is 9.39. The van der Waals surface area contributed by atoms with Gasteiger partial charge in [0, 0.05) is 6.42 Å². The Labute approximate surface area is 97.0 Å². The molecule has 14 heavy (non-hydrogen) atoms. The Hall–Kier alpha value is 0.01000. The van der Waals surface area contributed by atoms with Gasteiger partial charge in [-0.1, -0.05) is 65.1 Å². The number of rotatable bonds is 2. The van der Waals surface area contributed by atoms with Crippen molar-refractivity contribution in [2.24, 2.45) is 0 Å². The highest BCUT2D eigenvalue weighted by atomic mass is 35.6. The highest BCUT2D eigenvalue weighted by molar-refractivity contribution is 6.68. The maximum Gasteiger partial charge on any atom is 0.243 e. The van der Waals surface area contributed by atoms with Crippen LogP contribution in [-0.4, -0.2) is 19.8 Å². The van der Waals surface area contributed by atoms with Gasteiger partial charge in [-0.15, -0.1) is 0 Å². The molecule has 2 N–H and O–H groups in total. The van der Waals surface area contributed by atoms with Crippen molar-refractivity contribution in [2.45, 2.75) is 16.0 Å². The topological polar surface area (TPSA) is 40.5 Å². The third kappa shape index (κ3) is 3.01. The molecule has 0 aliphatic rings. The zero-order chi connectivity index (χ0) is 10.8. The first-order valence-corrected chi connectivity index (χ1v) is 5.02. The van der Waals surface area contributed by atoms with Crippen LogP contribution in [-0.2, 0) is 6.42 Å². The highest BCUT2D eigenvalue weighted by Gasteiger charge is 2.45. The lowest BCUT2D eigenvalue weighted by molar-refractivity contribution is -0.155. The van der Waals surface area contributed by atoms with E-state index in [1.165, 1.54) is 0 Å². The van der Waals surface area contributed by atoms with Crippen molar-refractivity contribution in [3.63, 3.8) is 0 Å². The quantitative estimate of drug-likeness (QED) is 0.629. The Bertz CT molecular complexity index is 293. The second-order valence-electron chi connectivity index (χ2n) is 2.98. The summed E-state index contributed by atoms with van der Waals surface area (Å²) in [6.45, 7) is 0. The van der Waals surface area contributed by atoms with Crippen LogP contribution >= 0.6 is 34.8 Å². The van der Waals surface area contributed by atoms with Crippen LogP contribution in [0, 0.1) is 0 Å². The van der Waals surface area contributed by atoms with Crippen LogP contribution in [0.15, 0.2) is 30.3 Å². The fourth-order valence-corrected chi connectivity index (χ4v) is 1.18. The van der Waals surface area contributed by atoms with Gasteiger partial charge in [0.25, 0.3) is 0 Å². The molecule has 0 aliphatic carbocycles. The van der Waals surface area contributed by atoms with Gasteiger partial charge in [-0.25, -0.2) is 0 Å². The molecule has 5 heteroatoms. The Kier molecular flexibility index (Phi) is 3.67. The monoisotopic (exact) mass is 254 g/mol. The van der Waals surface area contributed by atoms with Crippen molar-refractivity contribution in [1.29, 1.82) is 0 Å². The number of hydrogen-bond donors (Lipinski definition) is 2. The number of halogens is 3. The normalized spacial score (nSPS) is 12.9. The molecule has 78 valence electrons. The summed E-state index contributed by atoms with van der Waals surface area (Å²) in [7, 11) is 0.